The fourth-order valence-electron chi connectivity index (χ4n) is 3.74. The second-order valence-electron chi connectivity index (χ2n) is 6.66. The number of rotatable bonds is 2. The Morgan fingerprint density at radius 1 is 0.870 bits per heavy atom. The van der Waals surface area contributed by atoms with Crippen LogP contribution in [0, 0.1) is 34.6 Å². The summed E-state index contributed by atoms with van der Waals surface area (Å²) in [5.74, 6) is 0. The number of nitrogens with zero attached hydrogens (tertiary/aromatic N) is 2. The minimum Gasteiger partial charge on any atom is -0.229 e. The van der Waals surface area contributed by atoms with Gasteiger partial charge in [0.05, 0.1) is 4.47 Å². The van der Waals surface area contributed by atoms with E-state index in [4.69, 9.17) is 0 Å². The molecule has 2 aromatic carbocycles. The van der Waals surface area contributed by atoms with Crippen molar-refractivity contribution in [1.82, 2.24) is 0 Å². The van der Waals surface area contributed by atoms with Gasteiger partial charge in [0, 0.05) is 0 Å². The van der Waals surface area contributed by atoms with Gasteiger partial charge in [0.25, 0.3) is 0 Å². The summed E-state index contributed by atoms with van der Waals surface area (Å²) in [5, 5.41) is 0. The summed E-state index contributed by atoms with van der Waals surface area (Å²) in [6, 6.07) is 8.98. The van der Waals surface area contributed by atoms with E-state index in [1.54, 1.807) is 0 Å². The van der Waals surface area contributed by atoms with Gasteiger partial charge in [-0.3, -0.25) is 0 Å². The topological polar surface area (TPSA) is 6.25 Å². The molecule has 0 fully saturated rings. The maximum atomic E-state index is 3.74. The molecular formula is C20H24BrN2+. The van der Waals surface area contributed by atoms with E-state index < -0.39 is 0 Å². The van der Waals surface area contributed by atoms with Crippen LogP contribution >= 0.6 is 15.9 Å². The molecule has 0 radical (unpaired) electrons. The Hall–Kier alpha value is -1.61. The monoisotopic (exact) mass is 371 g/mol. The molecule has 0 atom stereocenters. The SMILES string of the molecule is Cc1cc(C)c([N+]2=CN(c3c(C)cc(C)cc3Br)CC2)c(C)c1. The Kier molecular flexibility index (Phi) is 4.33. The molecule has 1 aliphatic heterocycles. The van der Waals surface area contributed by atoms with Crippen LogP contribution in [-0.2, 0) is 0 Å². The lowest BCUT2D eigenvalue weighted by Crippen LogP contribution is -2.19. The molecule has 0 saturated heterocycles. The fourth-order valence-corrected chi connectivity index (χ4v) is 4.64. The Morgan fingerprint density at radius 2 is 1.43 bits per heavy atom. The van der Waals surface area contributed by atoms with E-state index in [1.807, 2.05) is 0 Å². The van der Waals surface area contributed by atoms with E-state index in [9.17, 15) is 0 Å². The Labute approximate surface area is 147 Å². The lowest BCUT2D eigenvalue weighted by atomic mass is 10.0. The number of anilines is 1. The van der Waals surface area contributed by atoms with Gasteiger partial charge in [0.1, 0.15) is 24.5 Å². The van der Waals surface area contributed by atoms with Gasteiger partial charge in [-0.2, -0.15) is 0 Å². The number of halogens is 1. The van der Waals surface area contributed by atoms with Crippen LogP contribution in [-0.4, -0.2) is 24.0 Å². The molecule has 1 aliphatic rings. The van der Waals surface area contributed by atoms with Crippen LogP contribution in [0.25, 0.3) is 0 Å². The number of hydrogen-bond donors (Lipinski definition) is 0. The van der Waals surface area contributed by atoms with Crippen molar-refractivity contribution in [3.05, 3.63) is 56.6 Å². The van der Waals surface area contributed by atoms with Gasteiger partial charge >= 0.3 is 0 Å². The highest BCUT2D eigenvalue weighted by Gasteiger charge is 2.27. The summed E-state index contributed by atoms with van der Waals surface area (Å²) in [5.41, 5.74) is 9.25. The molecule has 0 spiro atoms. The van der Waals surface area contributed by atoms with Gasteiger partial charge in [-0.25, -0.2) is 9.48 Å². The summed E-state index contributed by atoms with van der Waals surface area (Å²) in [7, 11) is 0. The zero-order valence-electron chi connectivity index (χ0n) is 14.6. The van der Waals surface area contributed by atoms with E-state index in [1.165, 1.54) is 43.7 Å². The minimum atomic E-state index is 1.01. The second-order valence-corrected chi connectivity index (χ2v) is 7.52. The van der Waals surface area contributed by atoms with Crippen molar-refractivity contribution in [2.45, 2.75) is 34.6 Å². The van der Waals surface area contributed by atoms with Crippen molar-refractivity contribution in [2.24, 2.45) is 0 Å². The van der Waals surface area contributed by atoms with Gasteiger partial charge < -0.3 is 0 Å². The fraction of sp³-hybridized carbons (Fsp3) is 0.350. The maximum Gasteiger partial charge on any atom is 0.244 e. The summed E-state index contributed by atoms with van der Waals surface area (Å²) in [6.07, 6.45) is 2.26. The molecular weight excluding hydrogens is 348 g/mol. The number of benzene rings is 2. The van der Waals surface area contributed by atoms with Crippen LogP contribution < -0.4 is 4.90 Å². The van der Waals surface area contributed by atoms with Crippen molar-refractivity contribution in [2.75, 3.05) is 18.0 Å². The summed E-state index contributed by atoms with van der Waals surface area (Å²) in [6.45, 7) is 12.9. The third kappa shape index (κ3) is 3.07. The van der Waals surface area contributed by atoms with Crippen LogP contribution in [0.15, 0.2) is 28.7 Å². The predicted molar refractivity (Wildman–Crippen MR) is 102 cm³/mol. The van der Waals surface area contributed by atoms with Gasteiger partial charge in [-0.1, -0.05) is 23.8 Å². The largest absolute Gasteiger partial charge is 0.244 e. The molecule has 0 N–H and O–H groups in total. The predicted octanol–water partition coefficient (Wildman–Crippen LogP) is 5.18. The molecule has 3 rings (SSSR count). The highest BCUT2D eigenvalue weighted by atomic mass is 79.9. The second kappa shape index (κ2) is 6.12. The van der Waals surface area contributed by atoms with E-state index >= 15 is 0 Å². The first-order valence-electron chi connectivity index (χ1n) is 8.09. The molecule has 1 heterocycles. The molecule has 120 valence electrons. The first kappa shape index (κ1) is 16.3. The van der Waals surface area contributed by atoms with E-state index in [-0.39, 0.29) is 0 Å². The van der Waals surface area contributed by atoms with Crippen LogP contribution in [0.1, 0.15) is 27.8 Å². The van der Waals surface area contributed by atoms with E-state index in [0.717, 1.165) is 13.1 Å². The molecule has 23 heavy (non-hydrogen) atoms. The van der Waals surface area contributed by atoms with E-state index in [0.29, 0.717) is 0 Å². The minimum absolute atomic E-state index is 1.01. The van der Waals surface area contributed by atoms with Crippen molar-refractivity contribution in [3.63, 3.8) is 0 Å². The van der Waals surface area contributed by atoms with Crippen molar-refractivity contribution in [3.8, 4) is 0 Å². The third-order valence-electron chi connectivity index (χ3n) is 4.47. The first-order valence-corrected chi connectivity index (χ1v) is 8.89. The summed E-state index contributed by atoms with van der Waals surface area (Å²) >= 11 is 3.74. The van der Waals surface area contributed by atoms with Crippen LogP contribution in [0.4, 0.5) is 11.4 Å². The number of aryl methyl sites for hydroxylation is 5. The van der Waals surface area contributed by atoms with Crippen LogP contribution in [0.5, 0.6) is 0 Å². The molecule has 3 heteroatoms. The van der Waals surface area contributed by atoms with Gasteiger partial charge in [-0.05, 0) is 78.9 Å². The smallest absolute Gasteiger partial charge is 0.229 e. The number of hydrogen-bond acceptors (Lipinski definition) is 1. The van der Waals surface area contributed by atoms with Crippen LogP contribution in [0.3, 0.4) is 0 Å². The summed E-state index contributed by atoms with van der Waals surface area (Å²) in [4.78, 5) is 2.36. The zero-order valence-corrected chi connectivity index (χ0v) is 16.2. The van der Waals surface area contributed by atoms with Gasteiger partial charge in [0.2, 0.25) is 6.34 Å². The maximum absolute atomic E-state index is 3.74. The molecule has 0 aromatic heterocycles. The molecule has 2 nitrogen and oxygen atoms in total. The van der Waals surface area contributed by atoms with Crippen molar-refractivity contribution < 1.29 is 4.58 Å². The average molecular weight is 372 g/mol. The highest BCUT2D eigenvalue weighted by molar-refractivity contribution is 9.10. The quantitative estimate of drug-likeness (QED) is 0.658. The molecule has 0 amide bonds. The molecule has 2 aromatic rings. The van der Waals surface area contributed by atoms with Crippen molar-refractivity contribution in [1.29, 1.82) is 0 Å². The normalized spacial score (nSPS) is 14.3. The Bertz CT molecular complexity index is 759. The standard InChI is InChI=1S/C20H24BrN2/c1-13-8-15(3)19(16(4)9-13)22-6-7-23(12-22)20-17(5)10-14(2)11-18(20)21/h8-12H,6-7H2,1-5H3/q+1. The zero-order chi connectivity index (χ0) is 16.7. The molecule has 0 saturated carbocycles. The van der Waals surface area contributed by atoms with Gasteiger partial charge in [-0.15, -0.1) is 0 Å². The van der Waals surface area contributed by atoms with Gasteiger partial charge in [0.15, 0.2) is 0 Å². The Balaban J connectivity index is 2.03. The lowest BCUT2D eigenvalue weighted by molar-refractivity contribution is -0.425. The van der Waals surface area contributed by atoms with Crippen LogP contribution in [0.2, 0.25) is 0 Å². The third-order valence-corrected chi connectivity index (χ3v) is 5.07. The Morgan fingerprint density at radius 3 is 2.04 bits per heavy atom. The highest BCUT2D eigenvalue weighted by Crippen LogP contribution is 2.33. The molecule has 0 aliphatic carbocycles. The molecule has 0 bridgehead atoms. The molecule has 0 unspecified atom stereocenters. The average Bonchev–Trinajstić information content (AvgIpc) is 2.85. The van der Waals surface area contributed by atoms with Crippen molar-refractivity contribution >= 4 is 33.6 Å². The lowest BCUT2D eigenvalue weighted by Gasteiger charge is -2.12. The van der Waals surface area contributed by atoms with E-state index in [2.05, 4.69) is 90.6 Å². The summed E-state index contributed by atoms with van der Waals surface area (Å²) < 4.78 is 3.56. The first-order chi connectivity index (χ1) is 10.9.